The van der Waals surface area contributed by atoms with Crippen LogP contribution in [0.15, 0.2) is 18.2 Å². The summed E-state index contributed by atoms with van der Waals surface area (Å²) in [5.41, 5.74) is 7.11. The Kier molecular flexibility index (Phi) is 4.52. The van der Waals surface area contributed by atoms with E-state index in [1.54, 1.807) is 6.07 Å². The molecule has 1 aromatic carbocycles. The second kappa shape index (κ2) is 6.02. The predicted octanol–water partition coefficient (Wildman–Crippen LogP) is 3.03. The van der Waals surface area contributed by atoms with Crippen molar-refractivity contribution in [2.24, 2.45) is 0 Å². The maximum atomic E-state index is 11.8. The number of halogens is 1. The van der Waals surface area contributed by atoms with Gasteiger partial charge in [-0.25, -0.2) is 4.79 Å². The normalized spacial score (nSPS) is 18.7. The SMILES string of the molecule is CC(C)(C)OC(=O)NC1CCN(c2ccc(Cl)cc2N)C1. The lowest BCUT2D eigenvalue weighted by molar-refractivity contribution is 0.0509. The Bertz CT molecular complexity index is 528. The molecule has 6 heteroatoms. The molecule has 1 aromatic rings. The Labute approximate surface area is 130 Å². The van der Waals surface area contributed by atoms with Crippen LogP contribution < -0.4 is 16.0 Å². The lowest BCUT2D eigenvalue weighted by atomic mass is 10.2. The number of ether oxygens (including phenoxy) is 1. The molecular formula is C15H22ClN3O2. The fourth-order valence-electron chi connectivity index (χ4n) is 2.38. The van der Waals surface area contributed by atoms with E-state index in [0.29, 0.717) is 17.3 Å². The van der Waals surface area contributed by atoms with Gasteiger partial charge in [0.25, 0.3) is 0 Å². The van der Waals surface area contributed by atoms with Crippen molar-refractivity contribution in [1.82, 2.24) is 5.32 Å². The minimum absolute atomic E-state index is 0.0647. The largest absolute Gasteiger partial charge is 0.444 e. The molecule has 2 rings (SSSR count). The van der Waals surface area contributed by atoms with Gasteiger partial charge in [0.1, 0.15) is 5.60 Å². The van der Waals surface area contributed by atoms with Gasteiger partial charge in [-0.3, -0.25) is 0 Å². The molecule has 116 valence electrons. The highest BCUT2D eigenvalue weighted by Gasteiger charge is 2.27. The zero-order valence-corrected chi connectivity index (χ0v) is 13.4. The lowest BCUT2D eigenvalue weighted by Gasteiger charge is -2.23. The van der Waals surface area contributed by atoms with Crippen LogP contribution >= 0.6 is 11.6 Å². The smallest absolute Gasteiger partial charge is 0.407 e. The standard InChI is InChI=1S/C15H22ClN3O2/c1-15(2,3)21-14(20)18-11-6-7-19(9-11)13-5-4-10(16)8-12(13)17/h4-5,8,11H,6-7,9,17H2,1-3H3,(H,18,20). The summed E-state index contributed by atoms with van der Waals surface area (Å²) >= 11 is 5.91. The van der Waals surface area contributed by atoms with Crippen LogP contribution in [0.5, 0.6) is 0 Å². The summed E-state index contributed by atoms with van der Waals surface area (Å²) in [5.74, 6) is 0. The monoisotopic (exact) mass is 311 g/mol. The summed E-state index contributed by atoms with van der Waals surface area (Å²) in [7, 11) is 0. The van der Waals surface area contributed by atoms with E-state index in [2.05, 4.69) is 10.2 Å². The van der Waals surface area contributed by atoms with Gasteiger partial charge in [-0.15, -0.1) is 0 Å². The van der Waals surface area contributed by atoms with Crippen molar-refractivity contribution in [3.63, 3.8) is 0 Å². The zero-order chi connectivity index (χ0) is 15.6. The summed E-state index contributed by atoms with van der Waals surface area (Å²) in [6.07, 6.45) is 0.486. The van der Waals surface area contributed by atoms with Crippen LogP contribution in [0.1, 0.15) is 27.2 Å². The number of carbonyl (C=O) groups excluding carboxylic acids is 1. The molecule has 0 spiro atoms. The number of alkyl carbamates (subject to hydrolysis) is 1. The van der Waals surface area contributed by atoms with E-state index < -0.39 is 5.60 Å². The molecule has 0 aromatic heterocycles. The molecule has 21 heavy (non-hydrogen) atoms. The van der Waals surface area contributed by atoms with Crippen molar-refractivity contribution in [2.75, 3.05) is 23.7 Å². The fraction of sp³-hybridized carbons (Fsp3) is 0.533. The topological polar surface area (TPSA) is 67.6 Å². The van der Waals surface area contributed by atoms with Crippen LogP contribution in [0.4, 0.5) is 16.2 Å². The number of carbonyl (C=O) groups is 1. The van der Waals surface area contributed by atoms with Crippen LogP contribution in [0.25, 0.3) is 0 Å². The molecule has 1 amide bonds. The highest BCUT2D eigenvalue weighted by atomic mass is 35.5. The Morgan fingerprint density at radius 2 is 2.19 bits per heavy atom. The summed E-state index contributed by atoms with van der Waals surface area (Å²) in [6, 6.07) is 5.54. The third-order valence-corrected chi connectivity index (χ3v) is 3.47. The third-order valence-electron chi connectivity index (χ3n) is 3.24. The predicted molar refractivity (Wildman–Crippen MR) is 85.9 cm³/mol. The molecule has 1 aliphatic rings. The quantitative estimate of drug-likeness (QED) is 0.824. The molecule has 0 aliphatic carbocycles. The maximum Gasteiger partial charge on any atom is 0.407 e. The molecule has 1 heterocycles. The van der Waals surface area contributed by atoms with Gasteiger partial charge >= 0.3 is 6.09 Å². The Balaban J connectivity index is 1.93. The number of nitrogens with one attached hydrogen (secondary N) is 1. The van der Waals surface area contributed by atoms with E-state index in [1.807, 2.05) is 32.9 Å². The number of hydrogen-bond donors (Lipinski definition) is 2. The van der Waals surface area contributed by atoms with Crippen molar-refractivity contribution in [3.8, 4) is 0 Å². The second-order valence-electron chi connectivity index (χ2n) is 6.28. The number of nitrogen functional groups attached to an aromatic ring is 1. The Morgan fingerprint density at radius 3 is 2.81 bits per heavy atom. The first kappa shape index (κ1) is 15.8. The van der Waals surface area contributed by atoms with E-state index in [1.165, 1.54) is 0 Å². The van der Waals surface area contributed by atoms with E-state index >= 15 is 0 Å². The first-order valence-electron chi connectivity index (χ1n) is 7.04. The van der Waals surface area contributed by atoms with Gasteiger partial charge in [0.15, 0.2) is 0 Å². The van der Waals surface area contributed by atoms with E-state index in [9.17, 15) is 4.79 Å². The molecule has 1 aliphatic heterocycles. The minimum atomic E-state index is -0.483. The van der Waals surface area contributed by atoms with Crippen molar-refractivity contribution in [3.05, 3.63) is 23.2 Å². The van der Waals surface area contributed by atoms with Crippen LogP contribution in [0.3, 0.4) is 0 Å². The Hall–Kier alpha value is -1.62. The van der Waals surface area contributed by atoms with Gasteiger partial charge in [0, 0.05) is 18.1 Å². The highest BCUT2D eigenvalue weighted by Crippen LogP contribution is 2.29. The summed E-state index contributed by atoms with van der Waals surface area (Å²) in [6.45, 7) is 7.10. The van der Waals surface area contributed by atoms with Crippen LogP contribution in [0.2, 0.25) is 5.02 Å². The van der Waals surface area contributed by atoms with E-state index in [0.717, 1.165) is 18.7 Å². The van der Waals surface area contributed by atoms with Crippen LogP contribution in [0, 0.1) is 0 Å². The van der Waals surface area contributed by atoms with Gasteiger partial charge in [-0.05, 0) is 45.4 Å². The van der Waals surface area contributed by atoms with E-state index in [-0.39, 0.29) is 12.1 Å². The van der Waals surface area contributed by atoms with Gasteiger partial charge in [-0.2, -0.15) is 0 Å². The molecule has 1 atom stereocenters. The number of rotatable bonds is 2. The molecule has 3 N–H and O–H groups in total. The van der Waals surface area contributed by atoms with Crippen molar-refractivity contribution < 1.29 is 9.53 Å². The second-order valence-corrected chi connectivity index (χ2v) is 6.72. The molecular weight excluding hydrogens is 290 g/mol. The number of nitrogens with two attached hydrogens (primary N) is 1. The molecule has 1 unspecified atom stereocenters. The molecule has 1 saturated heterocycles. The molecule has 0 saturated carbocycles. The number of nitrogens with zero attached hydrogens (tertiary/aromatic N) is 1. The summed E-state index contributed by atoms with van der Waals surface area (Å²) in [4.78, 5) is 13.9. The number of amides is 1. The number of hydrogen-bond acceptors (Lipinski definition) is 4. The first-order chi connectivity index (χ1) is 9.74. The lowest BCUT2D eigenvalue weighted by Crippen LogP contribution is -2.40. The first-order valence-corrected chi connectivity index (χ1v) is 7.42. The number of anilines is 2. The summed E-state index contributed by atoms with van der Waals surface area (Å²) < 4.78 is 5.27. The van der Waals surface area contributed by atoms with Crippen molar-refractivity contribution in [2.45, 2.75) is 38.8 Å². The molecule has 1 fully saturated rings. The molecule has 0 radical (unpaired) electrons. The fourth-order valence-corrected chi connectivity index (χ4v) is 2.57. The average Bonchev–Trinajstić information content (AvgIpc) is 2.74. The van der Waals surface area contributed by atoms with Crippen molar-refractivity contribution >= 4 is 29.1 Å². The van der Waals surface area contributed by atoms with E-state index in [4.69, 9.17) is 22.1 Å². The molecule has 0 bridgehead atoms. The van der Waals surface area contributed by atoms with Gasteiger partial charge in [0.2, 0.25) is 0 Å². The number of benzene rings is 1. The van der Waals surface area contributed by atoms with Gasteiger partial charge in [-0.1, -0.05) is 11.6 Å². The van der Waals surface area contributed by atoms with Gasteiger partial charge < -0.3 is 20.7 Å². The van der Waals surface area contributed by atoms with Gasteiger partial charge in [0.05, 0.1) is 17.4 Å². The zero-order valence-electron chi connectivity index (χ0n) is 12.6. The molecule has 5 nitrogen and oxygen atoms in total. The van der Waals surface area contributed by atoms with Crippen LogP contribution in [-0.4, -0.2) is 30.8 Å². The summed E-state index contributed by atoms with van der Waals surface area (Å²) in [5, 5.41) is 3.52. The average molecular weight is 312 g/mol. The maximum absolute atomic E-state index is 11.8. The van der Waals surface area contributed by atoms with Crippen LogP contribution in [-0.2, 0) is 4.74 Å². The van der Waals surface area contributed by atoms with Crippen molar-refractivity contribution in [1.29, 1.82) is 0 Å². The Morgan fingerprint density at radius 1 is 1.48 bits per heavy atom. The minimum Gasteiger partial charge on any atom is -0.444 e. The highest BCUT2D eigenvalue weighted by molar-refractivity contribution is 6.31. The third kappa shape index (κ3) is 4.43.